The molecule has 1 N–H and O–H groups in total. The molecule has 0 fully saturated rings. The molecular weight excluding hydrogens is 399 g/mol. The Hall–Kier alpha value is -2.89. The maximum absolute atomic E-state index is 12.5. The zero-order valence-electron chi connectivity index (χ0n) is 14.9. The van der Waals surface area contributed by atoms with Gasteiger partial charge in [0, 0.05) is 11.3 Å². The number of rotatable bonds is 5. The first-order chi connectivity index (χ1) is 13.5. The molecule has 3 aromatic rings. The van der Waals surface area contributed by atoms with Crippen LogP contribution in [0.25, 0.3) is 11.1 Å². The Kier molecular flexibility index (Phi) is 6.29. The molecule has 1 heterocycles. The number of esters is 1. The van der Waals surface area contributed by atoms with Gasteiger partial charge in [0.25, 0.3) is 5.91 Å². The van der Waals surface area contributed by atoms with Crippen molar-refractivity contribution >= 4 is 40.8 Å². The second kappa shape index (κ2) is 8.87. The molecule has 1 atom stereocenters. The molecule has 0 aliphatic carbocycles. The number of para-hydroxylation sites is 1. The monoisotopic (exact) mass is 414 g/mol. The van der Waals surface area contributed by atoms with Gasteiger partial charge in [-0.15, -0.1) is 0 Å². The second-order valence-electron chi connectivity index (χ2n) is 5.91. The number of benzene rings is 2. The minimum absolute atomic E-state index is 0.0939. The molecule has 1 amide bonds. The SMILES string of the molecule is C[C@H](OC(=O)c1nc(Cl)ccc1Cl)C(=O)Nc1ccccc1-c1ccccc1. The fourth-order valence-corrected chi connectivity index (χ4v) is 2.86. The van der Waals surface area contributed by atoms with E-state index in [9.17, 15) is 9.59 Å². The van der Waals surface area contributed by atoms with E-state index in [0.29, 0.717) is 5.69 Å². The number of hydrogen-bond acceptors (Lipinski definition) is 4. The largest absolute Gasteiger partial charge is 0.448 e. The molecule has 0 saturated carbocycles. The topological polar surface area (TPSA) is 68.3 Å². The number of carbonyl (C=O) groups excluding carboxylic acids is 2. The van der Waals surface area contributed by atoms with Crippen LogP contribution in [0, 0.1) is 0 Å². The number of hydrogen-bond donors (Lipinski definition) is 1. The van der Waals surface area contributed by atoms with E-state index in [4.69, 9.17) is 27.9 Å². The van der Waals surface area contributed by atoms with E-state index >= 15 is 0 Å². The molecule has 0 aliphatic heterocycles. The van der Waals surface area contributed by atoms with E-state index in [1.807, 2.05) is 48.5 Å². The number of aromatic nitrogens is 1. The number of amides is 1. The molecule has 0 bridgehead atoms. The van der Waals surface area contributed by atoms with Gasteiger partial charge in [-0.2, -0.15) is 0 Å². The van der Waals surface area contributed by atoms with E-state index in [1.165, 1.54) is 19.1 Å². The molecule has 1 aromatic heterocycles. The summed E-state index contributed by atoms with van der Waals surface area (Å²) in [4.78, 5) is 28.7. The van der Waals surface area contributed by atoms with Crippen molar-refractivity contribution < 1.29 is 14.3 Å². The maximum Gasteiger partial charge on any atom is 0.359 e. The highest BCUT2D eigenvalue weighted by molar-refractivity contribution is 6.34. The minimum Gasteiger partial charge on any atom is -0.448 e. The van der Waals surface area contributed by atoms with E-state index in [1.54, 1.807) is 6.07 Å². The maximum atomic E-state index is 12.5. The number of nitrogens with zero attached hydrogens (tertiary/aromatic N) is 1. The average molecular weight is 415 g/mol. The molecule has 7 heteroatoms. The van der Waals surface area contributed by atoms with Crippen LogP contribution in [0.15, 0.2) is 66.7 Å². The van der Waals surface area contributed by atoms with Crippen molar-refractivity contribution in [3.8, 4) is 11.1 Å². The predicted molar refractivity (Wildman–Crippen MR) is 110 cm³/mol. The Labute approximate surface area is 172 Å². The van der Waals surface area contributed by atoms with Gasteiger partial charge in [0.2, 0.25) is 0 Å². The highest BCUT2D eigenvalue weighted by atomic mass is 35.5. The third-order valence-corrected chi connectivity index (χ3v) is 4.44. The lowest BCUT2D eigenvalue weighted by atomic mass is 10.0. The molecule has 0 aliphatic rings. The van der Waals surface area contributed by atoms with Gasteiger partial charge in [-0.1, -0.05) is 71.7 Å². The van der Waals surface area contributed by atoms with Crippen molar-refractivity contribution in [3.05, 3.63) is 82.6 Å². The van der Waals surface area contributed by atoms with Gasteiger partial charge in [0.15, 0.2) is 11.8 Å². The van der Waals surface area contributed by atoms with E-state index in [-0.39, 0.29) is 15.9 Å². The summed E-state index contributed by atoms with van der Waals surface area (Å²) in [7, 11) is 0. The van der Waals surface area contributed by atoms with Crippen molar-refractivity contribution in [2.75, 3.05) is 5.32 Å². The summed E-state index contributed by atoms with van der Waals surface area (Å²) in [6.45, 7) is 1.47. The molecule has 0 unspecified atom stereocenters. The van der Waals surface area contributed by atoms with Crippen LogP contribution in [-0.2, 0) is 9.53 Å². The van der Waals surface area contributed by atoms with Gasteiger partial charge >= 0.3 is 5.97 Å². The number of anilines is 1. The molecule has 2 aromatic carbocycles. The van der Waals surface area contributed by atoms with E-state index < -0.39 is 18.0 Å². The Bertz CT molecular complexity index is 1010. The molecule has 28 heavy (non-hydrogen) atoms. The average Bonchev–Trinajstić information content (AvgIpc) is 2.70. The summed E-state index contributed by atoms with van der Waals surface area (Å²) >= 11 is 11.7. The number of pyridine rings is 1. The fraction of sp³-hybridized carbons (Fsp3) is 0.0952. The third-order valence-electron chi connectivity index (χ3n) is 3.93. The molecule has 0 radical (unpaired) electrons. The molecule has 0 spiro atoms. The standard InChI is InChI=1S/C21H16Cl2N2O3/c1-13(28-21(27)19-16(22)11-12-18(23)25-19)20(26)24-17-10-6-5-9-15(17)14-7-3-2-4-8-14/h2-13H,1H3,(H,24,26)/t13-/m0/s1. The highest BCUT2D eigenvalue weighted by Gasteiger charge is 2.22. The third kappa shape index (κ3) is 4.68. The van der Waals surface area contributed by atoms with Gasteiger partial charge in [-0.05, 0) is 30.7 Å². The van der Waals surface area contributed by atoms with Crippen molar-refractivity contribution in [1.29, 1.82) is 0 Å². The van der Waals surface area contributed by atoms with Crippen LogP contribution in [0.3, 0.4) is 0 Å². The van der Waals surface area contributed by atoms with Crippen LogP contribution in [-0.4, -0.2) is 23.0 Å². The normalized spacial score (nSPS) is 11.5. The van der Waals surface area contributed by atoms with Crippen LogP contribution >= 0.6 is 23.2 Å². The zero-order valence-corrected chi connectivity index (χ0v) is 16.4. The second-order valence-corrected chi connectivity index (χ2v) is 6.71. The molecule has 142 valence electrons. The Balaban J connectivity index is 1.73. The van der Waals surface area contributed by atoms with Gasteiger partial charge in [0.05, 0.1) is 5.02 Å². The first kappa shape index (κ1) is 19.9. The number of nitrogens with one attached hydrogen (secondary N) is 1. The lowest BCUT2D eigenvalue weighted by molar-refractivity contribution is -0.123. The van der Waals surface area contributed by atoms with Gasteiger partial charge in [0.1, 0.15) is 5.15 Å². The van der Waals surface area contributed by atoms with Crippen LogP contribution in [0.5, 0.6) is 0 Å². The first-order valence-corrected chi connectivity index (χ1v) is 9.19. The Morgan fingerprint density at radius 3 is 2.39 bits per heavy atom. The number of ether oxygens (including phenoxy) is 1. The predicted octanol–water partition coefficient (Wildman–Crippen LogP) is 5.24. The lowest BCUT2D eigenvalue weighted by Crippen LogP contribution is -2.30. The molecular formula is C21H16Cl2N2O3. The Morgan fingerprint density at radius 1 is 0.964 bits per heavy atom. The van der Waals surface area contributed by atoms with Gasteiger partial charge in [-0.25, -0.2) is 9.78 Å². The smallest absolute Gasteiger partial charge is 0.359 e. The lowest BCUT2D eigenvalue weighted by Gasteiger charge is -2.16. The van der Waals surface area contributed by atoms with E-state index in [0.717, 1.165) is 11.1 Å². The highest BCUT2D eigenvalue weighted by Crippen LogP contribution is 2.27. The first-order valence-electron chi connectivity index (χ1n) is 8.44. The summed E-state index contributed by atoms with van der Waals surface area (Å²) in [6, 6.07) is 19.9. The van der Waals surface area contributed by atoms with Crippen molar-refractivity contribution in [1.82, 2.24) is 4.98 Å². The van der Waals surface area contributed by atoms with Crippen molar-refractivity contribution in [3.63, 3.8) is 0 Å². The van der Waals surface area contributed by atoms with Crippen LogP contribution in [0.1, 0.15) is 17.4 Å². The van der Waals surface area contributed by atoms with Gasteiger partial charge in [-0.3, -0.25) is 4.79 Å². The summed E-state index contributed by atoms with van der Waals surface area (Å²) in [5.41, 5.74) is 2.28. The molecule has 0 saturated heterocycles. The quantitative estimate of drug-likeness (QED) is 0.457. The summed E-state index contributed by atoms with van der Waals surface area (Å²) < 4.78 is 5.20. The summed E-state index contributed by atoms with van der Waals surface area (Å²) in [5, 5.41) is 2.99. The van der Waals surface area contributed by atoms with Crippen molar-refractivity contribution in [2.45, 2.75) is 13.0 Å². The Morgan fingerprint density at radius 2 is 1.64 bits per heavy atom. The minimum atomic E-state index is -1.06. The number of carbonyl (C=O) groups is 2. The van der Waals surface area contributed by atoms with Crippen LogP contribution < -0.4 is 5.32 Å². The van der Waals surface area contributed by atoms with Crippen molar-refractivity contribution in [2.24, 2.45) is 0 Å². The summed E-state index contributed by atoms with van der Waals surface area (Å²) in [6.07, 6.45) is -1.06. The van der Waals surface area contributed by atoms with Crippen LogP contribution in [0.4, 0.5) is 5.69 Å². The molecule has 3 rings (SSSR count). The summed E-state index contributed by atoms with van der Waals surface area (Å²) in [5.74, 6) is -1.30. The fourth-order valence-electron chi connectivity index (χ4n) is 2.53. The molecule has 5 nitrogen and oxygen atoms in total. The zero-order chi connectivity index (χ0) is 20.1. The van der Waals surface area contributed by atoms with Gasteiger partial charge < -0.3 is 10.1 Å². The number of halogens is 2. The van der Waals surface area contributed by atoms with Crippen LogP contribution in [0.2, 0.25) is 10.2 Å². The van der Waals surface area contributed by atoms with E-state index in [2.05, 4.69) is 10.3 Å².